The fourth-order valence-electron chi connectivity index (χ4n) is 2.46. The third-order valence-electron chi connectivity index (χ3n) is 4.07. The van der Waals surface area contributed by atoms with Gasteiger partial charge in [-0.15, -0.1) is 0 Å². The van der Waals surface area contributed by atoms with E-state index >= 15 is 0 Å². The van der Waals surface area contributed by atoms with Gasteiger partial charge in [0.2, 0.25) is 0 Å². The first kappa shape index (κ1) is 23.0. The summed E-state index contributed by atoms with van der Waals surface area (Å²) >= 11 is 0. The number of unbranched alkanes of at least 4 members (excludes halogenated alkanes) is 7. The van der Waals surface area contributed by atoms with Crippen LogP contribution in [0.4, 0.5) is 0 Å². The Morgan fingerprint density at radius 3 is 2.42 bits per heavy atom. The number of carbonyl (C=O) groups excluding carboxylic acids is 1. The highest BCUT2D eigenvalue weighted by Crippen LogP contribution is 2.09. The number of nitrogens with two attached hydrogens (primary N) is 1. The second kappa shape index (κ2) is 16.9. The Labute approximate surface area is 147 Å². The van der Waals surface area contributed by atoms with Crippen LogP contribution in [0.15, 0.2) is 24.3 Å². The van der Waals surface area contributed by atoms with E-state index in [1.54, 1.807) is 0 Å². The van der Waals surface area contributed by atoms with Crippen molar-refractivity contribution in [3.8, 4) is 0 Å². The zero-order chi connectivity index (χ0) is 18.0. The molecule has 0 bridgehead atoms. The molecule has 4 N–H and O–H groups in total. The van der Waals surface area contributed by atoms with E-state index in [0.717, 1.165) is 51.4 Å². The fraction of sp³-hybridized carbons (Fsp3) is 0.750. The van der Waals surface area contributed by atoms with Crippen LogP contribution in [0.3, 0.4) is 0 Å². The molecule has 0 fully saturated rings. The minimum Gasteiger partial charge on any atom is -0.389 e. The van der Waals surface area contributed by atoms with E-state index in [-0.39, 0.29) is 18.4 Å². The molecule has 4 nitrogen and oxygen atoms in total. The summed E-state index contributed by atoms with van der Waals surface area (Å²) in [5.41, 5.74) is 5.24. The molecular weight excluding hydrogens is 302 g/mol. The van der Waals surface area contributed by atoms with Gasteiger partial charge in [0, 0.05) is 13.0 Å². The number of carbonyl (C=O) groups is 1. The zero-order valence-electron chi connectivity index (χ0n) is 15.3. The average Bonchev–Trinajstić information content (AvgIpc) is 2.58. The largest absolute Gasteiger partial charge is 0.389 e. The van der Waals surface area contributed by atoms with Gasteiger partial charge in [0.25, 0.3) is 0 Å². The number of aliphatic hydroxyl groups excluding tert-OH is 2. The summed E-state index contributed by atoms with van der Waals surface area (Å²) in [6.45, 7) is 2.19. The molecule has 0 amide bonds. The topological polar surface area (TPSA) is 83.5 Å². The number of ketones is 1. The number of aliphatic hydroxyl groups is 2. The summed E-state index contributed by atoms with van der Waals surface area (Å²) in [7, 11) is 0. The van der Waals surface area contributed by atoms with E-state index in [9.17, 15) is 15.0 Å². The van der Waals surface area contributed by atoms with Gasteiger partial charge in [0.05, 0.1) is 6.10 Å². The van der Waals surface area contributed by atoms with Crippen molar-refractivity contribution in [3.05, 3.63) is 24.3 Å². The Morgan fingerprint density at radius 1 is 1.00 bits per heavy atom. The van der Waals surface area contributed by atoms with Crippen LogP contribution >= 0.6 is 0 Å². The normalized spacial score (nSPS) is 14.5. The fourth-order valence-corrected chi connectivity index (χ4v) is 2.46. The smallest absolute Gasteiger partial charge is 0.162 e. The molecule has 140 valence electrons. The molecule has 2 atom stereocenters. The lowest BCUT2D eigenvalue weighted by atomic mass is 10.1. The van der Waals surface area contributed by atoms with Crippen LogP contribution in [-0.2, 0) is 4.79 Å². The highest BCUT2D eigenvalue weighted by atomic mass is 16.3. The molecule has 0 aliphatic carbocycles. The average molecular weight is 340 g/mol. The quantitative estimate of drug-likeness (QED) is 0.296. The second-order valence-electron chi connectivity index (χ2n) is 6.40. The van der Waals surface area contributed by atoms with Gasteiger partial charge in [-0.3, -0.25) is 4.79 Å². The first-order valence-electron chi connectivity index (χ1n) is 9.54. The molecule has 0 aliphatic heterocycles. The van der Waals surface area contributed by atoms with Gasteiger partial charge < -0.3 is 15.9 Å². The molecule has 0 aromatic rings. The van der Waals surface area contributed by atoms with Gasteiger partial charge in [-0.1, -0.05) is 69.8 Å². The molecule has 0 saturated carbocycles. The van der Waals surface area contributed by atoms with Crippen LogP contribution in [0.1, 0.15) is 77.6 Å². The first-order chi connectivity index (χ1) is 11.6. The van der Waals surface area contributed by atoms with E-state index in [0.29, 0.717) is 6.42 Å². The Bertz CT molecular complexity index is 353. The lowest BCUT2D eigenvalue weighted by Gasteiger charge is -2.05. The molecule has 24 heavy (non-hydrogen) atoms. The molecule has 0 aliphatic rings. The lowest BCUT2D eigenvalue weighted by molar-refractivity contribution is -0.126. The molecule has 0 spiro atoms. The van der Waals surface area contributed by atoms with Crippen molar-refractivity contribution >= 4 is 5.78 Å². The molecule has 0 heterocycles. The van der Waals surface area contributed by atoms with Crippen LogP contribution in [0.2, 0.25) is 0 Å². The highest BCUT2D eigenvalue weighted by Gasteiger charge is 2.11. The highest BCUT2D eigenvalue weighted by molar-refractivity contribution is 5.82. The summed E-state index contributed by atoms with van der Waals surface area (Å²) in [4.78, 5) is 11.4. The van der Waals surface area contributed by atoms with Crippen molar-refractivity contribution in [2.24, 2.45) is 5.73 Å². The number of hydrogen-bond donors (Lipinski definition) is 3. The van der Waals surface area contributed by atoms with Crippen LogP contribution in [0.5, 0.6) is 0 Å². The number of rotatable bonds is 16. The third kappa shape index (κ3) is 14.6. The zero-order valence-corrected chi connectivity index (χ0v) is 15.3. The van der Waals surface area contributed by atoms with Crippen LogP contribution in [0.25, 0.3) is 0 Å². The third-order valence-corrected chi connectivity index (χ3v) is 4.07. The molecular formula is C20H37NO3. The molecule has 0 aromatic heterocycles. The van der Waals surface area contributed by atoms with Crippen molar-refractivity contribution in [2.75, 3.05) is 6.54 Å². The summed E-state index contributed by atoms with van der Waals surface area (Å²) in [6, 6.07) is 0. The van der Waals surface area contributed by atoms with Crippen molar-refractivity contribution in [3.63, 3.8) is 0 Å². The molecule has 0 aromatic carbocycles. The minimum absolute atomic E-state index is 0.0232. The van der Waals surface area contributed by atoms with Gasteiger partial charge in [0.15, 0.2) is 5.78 Å². The Kier molecular flexibility index (Phi) is 16.2. The van der Waals surface area contributed by atoms with E-state index in [1.165, 1.54) is 12.8 Å². The molecule has 1 unspecified atom stereocenters. The standard InChI is InChI=1S/C20H37NO3/c1-2-3-11-14-18(22)15-12-9-7-5-4-6-8-10-13-16-19(23)20(24)17-21/h7,9,12,15,18,20,22,24H,2-6,8,10-11,13-14,16-17,21H2,1H3/b9-7-,15-12+/t18-,20?/m0/s1. The van der Waals surface area contributed by atoms with Gasteiger partial charge in [-0.2, -0.15) is 0 Å². The SMILES string of the molecule is CCCCC[C@H](O)/C=C/C=C\CCCCCCCC(=O)C(O)CN. The Hall–Kier alpha value is -0.970. The van der Waals surface area contributed by atoms with Crippen molar-refractivity contribution in [1.82, 2.24) is 0 Å². The van der Waals surface area contributed by atoms with E-state index in [1.807, 2.05) is 18.2 Å². The predicted molar refractivity (Wildman–Crippen MR) is 101 cm³/mol. The lowest BCUT2D eigenvalue weighted by Crippen LogP contribution is -2.28. The van der Waals surface area contributed by atoms with Gasteiger partial charge in [-0.05, 0) is 25.7 Å². The van der Waals surface area contributed by atoms with Crippen LogP contribution < -0.4 is 5.73 Å². The number of Topliss-reactive ketones (excluding diaryl/α,β-unsaturated/α-hetero) is 1. The summed E-state index contributed by atoms with van der Waals surface area (Å²) in [5.74, 6) is -0.135. The van der Waals surface area contributed by atoms with Crippen molar-refractivity contribution in [1.29, 1.82) is 0 Å². The monoisotopic (exact) mass is 339 g/mol. The summed E-state index contributed by atoms with van der Waals surface area (Å²) in [5, 5.41) is 19.0. The number of hydrogen-bond acceptors (Lipinski definition) is 4. The summed E-state index contributed by atoms with van der Waals surface area (Å²) in [6.07, 6.45) is 17.7. The first-order valence-corrected chi connectivity index (χ1v) is 9.54. The van der Waals surface area contributed by atoms with Crippen molar-refractivity contribution in [2.45, 2.75) is 89.8 Å². The summed E-state index contributed by atoms with van der Waals surface area (Å²) < 4.78 is 0. The maximum Gasteiger partial charge on any atom is 0.162 e. The Balaban J connectivity index is 3.45. The number of allylic oxidation sites excluding steroid dienone is 3. The molecule has 0 radical (unpaired) electrons. The maximum absolute atomic E-state index is 11.4. The maximum atomic E-state index is 11.4. The van der Waals surface area contributed by atoms with E-state index < -0.39 is 6.10 Å². The predicted octanol–water partition coefficient (Wildman–Crippen LogP) is 3.66. The van der Waals surface area contributed by atoms with Crippen molar-refractivity contribution < 1.29 is 15.0 Å². The molecule has 0 rings (SSSR count). The van der Waals surface area contributed by atoms with E-state index in [2.05, 4.69) is 13.0 Å². The Morgan fingerprint density at radius 2 is 1.71 bits per heavy atom. The molecule has 0 saturated heterocycles. The van der Waals surface area contributed by atoms with Gasteiger partial charge in [-0.25, -0.2) is 0 Å². The van der Waals surface area contributed by atoms with Crippen LogP contribution in [-0.4, -0.2) is 34.7 Å². The van der Waals surface area contributed by atoms with Gasteiger partial charge >= 0.3 is 0 Å². The van der Waals surface area contributed by atoms with E-state index in [4.69, 9.17) is 5.73 Å². The molecule has 4 heteroatoms. The van der Waals surface area contributed by atoms with Gasteiger partial charge in [0.1, 0.15) is 6.10 Å². The van der Waals surface area contributed by atoms with Crippen LogP contribution in [0, 0.1) is 0 Å². The minimum atomic E-state index is -0.978. The second-order valence-corrected chi connectivity index (χ2v) is 6.40.